The Balaban J connectivity index is 1.49. The molecule has 188 valence electrons. The fraction of sp³-hybridized carbons (Fsp3) is 0.571. The Hall–Kier alpha value is -2.56. The largest absolute Gasteiger partial charge is 0.497 e. The smallest absolute Gasteiger partial charge is 0.226 e. The maximum atomic E-state index is 12.9. The highest BCUT2D eigenvalue weighted by Crippen LogP contribution is 2.57. The molecule has 2 aromatic rings. The highest BCUT2D eigenvalue weighted by atomic mass is 32.1. The fourth-order valence-corrected chi connectivity index (χ4v) is 7.51. The van der Waals surface area contributed by atoms with Crippen molar-refractivity contribution in [3.05, 3.63) is 39.8 Å². The molecule has 6 atom stereocenters. The van der Waals surface area contributed by atoms with Gasteiger partial charge in [0.15, 0.2) is 0 Å². The number of aromatic nitrogens is 1. The number of rotatable bonds is 7. The molecule has 7 heteroatoms. The predicted molar refractivity (Wildman–Crippen MR) is 138 cm³/mol. The molecule has 1 heterocycles. The van der Waals surface area contributed by atoms with Crippen molar-refractivity contribution < 1.29 is 19.4 Å². The second kappa shape index (κ2) is 10.2. The van der Waals surface area contributed by atoms with E-state index >= 15 is 0 Å². The number of aliphatic hydroxyl groups is 1. The van der Waals surface area contributed by atoms with Crippen LogP contribution in [0.1, 0.15) is 55.1 Å². The van der Waals surface area contributed by atoms with Crippen LogP contribution in [0.15, 0.2) is 24.3 Å². The van der Waals surface area contributed by atoms with E-state index in [0.29, 0.717) is 6.61 Å². The van der Waals surface area contributed by atoms with Crippen LogP contribution in [0.3, 0.4) is 0 Å². The molecule has 0 saturated heterocycles. The van der Waals surface area contributed by atoms with Gasteiger partial charge in [-0.1, -0.05) is 26.7 Å². The number of benzene rings is 1. The summed E-state index contributed by atoms with van der Waals surface area (Å²) in [6, 6.07) is 7.54. The van der Waals surface area contributed by atoms with Crippen molar-refractivity contribution in [2.45, 2.75) is 58.7 Å². The van der Waals surface area contributed by atoms with Gasteiger partial charge in [-0.2, -0.15) is 0 Å². The summed E-state index contributed by atoms with van der Waals surface area (Å²) in [5, 5.41) is 12.5. The molecule has 2 aliphatic rings. The van der Waals surface area contributed by atoms with E-state index in [2.05, 4.69) is 19.8 Å². The Morgan fingerprint density at radius 3 is 2.71 bits per heavy atom. The van der Waals surface area contributed by atoms with E-state index in [1.54, 1.807) is 30.4 Å². The standard InChI is InChI=1S/C28H36N2O4S/c1-7-14-30(5)27(32)17(2)21-12-13-28(4)15-22-25(18(3)24(28)26(21)31)29-23(35-22)16-34-20-10-8-19(33-6)9-11-20/h1,8-11,17-18,21,24,26,31H,12-16H2,2-6H3/t17-,18-,21-,24+,26-,28-/m0/s1. The molecular formula is C28H36N2O4S. The number of terminal acetylenes is 1. The van der Waals surface area contributed by atoms with Crippen molar-refractivity contribution in [2.24, 2.45) is 23.2 Å². The summed E-state index contributed by atoms with van der Waals surface area (Å²) in [4.78, 5) is 20.8. The first-order valence-corrected chi connectivity index (χ1v) is 13.1. The lowest BCUT2D eigenvalue weighted by Gasteiger charge is -2.53. The molecular weight excluding hydrogens is 460 g/mol. The highest BCUT2D eigenvalue weighted by Gasteiger charge is 2.54. The average molecular weight is 497 g/mol. The topological polar surface area (TPSA) is 71.9 Å². The van der Waals surface area contributed by atoms with Gasteiger partial charge in [0.1, 0.15) is 23.1 Å². The van der Waals surface area contributed by atoms with Gasteiger partial charge in [0.05, 0.1) is 25.5 Å². The van der Waals surface area contributed by atoms with Crippen molar-refractivity contribution >= 4 is 17.2 Å². The normalized spacial score (nSPS) is 28.3. The molecule has 2 aliphatic carbocycles. The van der Waals surface area contributed by atoms with E-state index in [4.69, 9.17) is 20.9 Å². The van der Waals surface area contributed by atoms with Crippen molar-refractivity contribution in [2.75, 3.05) is 20.7 Å². The van der Waals surface area contributed by atoms with Gasteiger partial charge in [0, 0.05) is 23.8 Å². The van der Waals surface area contributed by atoms with E-state index < -0.39 is 6.10 Å². The number of carbonyl (C=O) groups excluding carboxylic acids is 1. The quantitative estimate of drug-likeness (QED) is 0.571. The summed E-state index contributed by atoms with van der Waals surface area (Å²) in [6.45, 7) is 7.10. The predicted octanol–water partition coefficient (Wildman–Crippen LogP) is 4.51. The molecule has 1 aromatic carbocycles. The van der Waals surface area contributed by atoms with Gasteiger partial charge in [-0.25, -0.2) is 4.98 Å². The van der Waals surface area contributed by atoms with Gasteiger partial charge >= 0.3 is 0 Å². The van der Waals surface area contributed by atoms with E-state index in [1.165, 1.54) is 4.88 Å². The van der Waals surface area contributed by atoms with Crippen molar-refractivity contribution in [1.82, 2.24) is 9.88 Å². The van der Waals surface area contributed by atoms with Crippen LogP contribution in [0.5, 0.6) is 11.5 Å². The van der Waals surface area contributed by atoms with Crippen LogP contribution in [-0.2, 0) is 17.8 Å². The number of ether oxygens (including phenoxy) is 2. The second-order valence-electron chi connectivity index (χ2n) is 10.4. The minimum Gasteiger partial charge on any atom is -0.497 e. The summed E-state index contributed by atoms with van der Waals surface area (Å²) >= 11 is 1.72. The van der Waals surface area contributed by atoms with Crippen molar-refractivity contribution in [3.63, 3.8) is 0 Å². The van der Waals surface area contributed by atoms with E-state index in [-0.39, 0.29) is 41.5 Å². The van der Waals surface area contributed by atoms with E-state index in [0.717, 1.165) is 41.5 Å². The lowest BCUT2D eigenvalue weighted by atomic mass is 9.53. The lowest BCUT2D eigenvalue weighted by Crippen LogP contribution is -2.53. The first-order valence-electron chi connectivity index (χ1n) is 12.3. The molecule has 0 aliphatic heterocycles. The van der Waals surface area contributed by atoms with Crippen LogP contribution in [-0.4, -0.2) is 47.7 Å². The zero-order chi connectivity index (χ0) is 25.3. The van der Waals surface area contributed by atoms with Gasteiger partial charge in [0.25, 0.3) is 0 Å². The summed E-state index contributed by atoms with van der Waals surface area (Å²) < 4.78 is 11.2. The number of thiazole rings is 1. The van der Waals surface area contributed by atoms with Crippen molar-refractivity contribution in [1.29, 1.82) is 0 Å². The Kier molecular flexibility index (Phi) is 7.44. The number of hydrogen-bond acceptors (Lipinski definition) is 6. The number of carbonyl (C=O) groups is 1. The number of fused-ring (bicyclic) bond motifs is 2. The zero-order valence-corrected chi connectivity index (χ0v) is 22.1. The van der Waals surface area contributed by atoms with Crippen LogP contribution in [0.4, 0.5) is 0 Å². The molecule has 1 N–H and O–H groups in total. The molecule has 6 nitrogen and oxygen atoms in total. The highest BCUT2D eigenvalue weighted by molar-refractivity contribution is 7.11. The summed E-state index contributed by atoms with van der Waals surface area (Å²) in [5.41, 5.74) is 1.06. The number of methoxy groups -OCH3 is 1. The number of amides is 1. The third-order valence-corrected chi connectivity index (χ3v) is 9.17. The Morgan fingerprint density at radius 1 is 1.37 bits per heavy atom. The summed E-state index contributed by atoms with van der Waals surface area (Å²) in [5.74, 6) is 3.92. The van der Waals surface area contributed by atoms with Gasteiger partial charge in [-0.15, -0.1) is 17.8 Å². The lowest BCUT2D eigenvalue weighted by molar-refractivity contribution is -0.142. The SMILES string of the molecule is C#CCN(C)C(=O)[C@@H](C)[C@@H]1CC[C@@]2(C)Cc3sc(COc4ccc(OC)cc4)nc3[C@@H](C)[C@@H]2[C@H]1O. The molecule has 0 unspecified atom stereocenters. The monoisotopic (exact) mass is 496 g/mol. The van der Waals surface area contributed by atoms with Gasteiger partial charge < -0.3 is 19.5 Å². The minimum atomic E-state index is -0.559. The van der Waals surface area contributed by atoms with Crippen LogP contribution in [0.25, 0.3) is 0 Å². The van der Waals surface area contributed by atoms with E-state index in [9.17, 15) is 9.90 Å². The van der Waals surface area contributed by atoms with Gasteiger partial charge in [0.2, 0.25) is 5.91 Å². The van der Waals surface area contributed by atoms with Crippen LogP contribution in [0, 0.1) is 35.5 Å². The molecule has 1 aromatic heterocycles. The van der Waals surface area contributed by atoms with Crippen LogP contribution >= 0.6 is 11.3 Å². The Labute approximate surface area is 212 Å². The Morgan fingerprint density at radius 2 is 2.06 bits per heavy atom. The molecule has 0 spiro atoms. The third kappa shape index (κ3) is 4.92. The molecule has 1 saturated carbocycles. The molecule has 4 rings (SSSR count). The first-order chi connectivity index (χ1) is 16.7. The third-order valence-electron chi connectivity index (χ3n) is 8.12. The summed E-state index contributed by atoms with van der Waals surface area (Å²) in [7, 11) is 3.38. The molecule has 1 amide bonds. The average Bonchev–Trinajstić information content (AvgIpc) is 3.25. The van der Waals surface area contributed by atoms with Gasteiger partial charge in [-0.05, 0) is 60.8 Å². The maximum Gasteiger partial charge on any atom is 0.226 e. The Bertz CT molecular complexity index is 1090. The second-order valence-corrected chi connectivity index (χ2v) is 11.6. The van der Waals surface area contributed by atoms with Gasteiger partial charge in [-0.3, -0.25) is 4.79 Å². The number of hydrogen-bond donors (Lipinski definition) is 1. The number of nitrogens with zero attached hydrogens (tertiary/aromatic N) is 2. The minimum absolute atomic E-state index is 0.00591. The zero-order valence-electron chi connectivity index (χ0n) is 21.3. The van der Waals surface area contributed by atoms with Crippen LogP contribution < -0.4 is 9.47 Å². The molecule has 0 radical (unpaired) electrons. The van der Waals surface area contributed by atoms with Crippen molar-refractivity contribution in [3.8, 4) is 23.8 Å². The van der Waals surface area contributed by atoms with E-state index in [1.807, 2.05) is 31.2 Å². The molecule has 35 heavy (non-hydrogen) atoms. The fourth-order valence-electron chi connectivity index (χ4n) is 6.22. The first kappa shape index (κ1) is 25.5. The number of aliphatic hydroxyl groups excluding tert-OH is 1. The maximum absolute atomic E-state index is 12.9. The summed E-state index contributed by atoms with van der Waals surface area (Å²) in [6.07, 6.45) is 7.55. The van der Waals surface area contributed by atoms with Crippen LogP contribution in [0.2, 0.25) is 0 Å². The molecule has 1 fully saturated rings. The molecule has 0 bridgehead atoms.